The summed E-state index contributed by atoms with van der Waals surface area (Å²) < 4.78 is 21.6. The van der Waals surface area contributed by atoms with Crippen molar-refractivity contribution in [2.75, 3.05) is 27.2 Å². The van der Waals surface area contributed by atoms with Crippen LogP contribution >= 0.6 is 0 Å². The quantitative estimate of drug-likeness (QED) is 0.583. The number of carbonyl (C=O) groups is 2. The molecule has 0 radical (unpaired) electrons. The van der Waals surface area contributed by atoms with Gasteiger partial charge in [0.25, 0.3) is 5.91 Å². The molecule has 1 N–H and O–H groups in total. The lowest BCUT2D eigenvalue weighted by Crippen LogP contribution is -2.37. The molecule has 1 atom stereocenters. The highest BCUT2D eigenvalue weighted by Crippen LogP contribution is 2.41. The Morgan fingerprint density at radius 3 is 2.62 bits per heavy atom. The highest BCUT2D eigenvalue weighted by molar-refractivity contribution is 6.04. The van der Waals surface area contributed by atoms with Gasteiger partial charge in [-0.15, -0.1) is 0 Å². The van der Waals surface area contributed by atoms with Crippen LogP contribution in [0.15, 0.2) is 36.4 Å². The lowest BCUT2D eigenvalue weighted by molar-refractivity contribution is -0.130. The first-order valence-electron chi connectivity index (χ1n) is 11.9. The van der Waals surface area contributed by atoms with Gasteiger partial charge in [0.05, 0.1) is 12.6 Å². The summed E-state index contributed by atoms with van der Waals surface area (Å²) in [6.45, 7) is 2.74. The second kappa shape index (κ2) is 8.78. The fourth-order valence-corrected chi connectivity index (χ4v) is 5.12. The summed E-state index contributed by atoms with van der Waals surface area (Å²) in [6, 6.07) is 11.5. The predicted molar refractivity (Wildman–Crippen MR) is 130 cm³/mol. The Bertz CT molecular complexity index is 1260. The van der Waals surface area contributed by atoms with Crippen molar-refractivity contribution in [3.05, 3.63) is 53.5 Å². The van der Waals surface area contributed by atoms with Crippen LogP contribution in [-0.4, -0.2) is 59.9 Å². The Morgan fingerprint density at radius 1 is 1.15 bits per heavy atom. The fraction of sp³-hybridized carbons (Fsp3) is 0.407. The van der Waals surface area contributed by atoms with Gasteiger partial charge in [-0.3, -0.25) is 9.59 Å². The second-order valence-corrected chi connectivity index (χ2v) is 9.45. The first kappa shape index (κ1) is 22.4. The standard InChI is InChI=1S/C27H30FN3O3/c1-16(32)31-12-6-7-17(15-31)20-13-21(19-8-4-5-9-24(19)34-3)22-14-23(29-26(22)25(20)28)27(33)30(2)18-10-11-18/h4-5,8-9,13-14,17-18,29H,6-7,10-12,15H2,1-3H3/t17-/m0/s1. The number of likely N-dealkylation sites (tertiary alicyclic amines) is 1. The van der Waals surface area contributed by atoms with Crippen molar-refractivity contribution in [3.63, 3.8) is 0 Å². The number of piperidine rings is 1. The van der Waals surface area contributed by atoms with E-state index in [4.69, 9.17) is 4.74 Å². The zero-order valence-electron chi connectivity index (χ0n) is 19.9. The van der Waals surface area contributed by atoms with Crippen LogP contribution in [0.2, 0.25) is 0 Å². The predicted octanol–water partition coefficient (Wildman–Crippen LogP) is 4.94. The van der Waals surface area contributed by atoms with E-state index in [9.17, 15) is 9.59 Å². The number of H-pyrrole nitrogens is 1. The van der Waals surface area contributed by atoms with Crippen LogP contribution in [0.4, 0.5) is 4.39 Å². The highest BCUT2D eigenvalue weighted by atomic mass is 19.1. The van der Waals surface area contributed by atoms with Gasteiger partial charge >= 0.3 is 0 Å². The third-order valence-electron chi connectivity index (χ3n) is 7.23. The van der Waals surface area contributed by atoms with Crippen molar-refractivity contribution in [2.45, 2.75) is 44.6 Å². The van der Waals surface area contributed by atoms with Crippen LogP contribution in [0.3, 0.4) is 0 Å². The molecule has 5 rings (SSSR count). The number of rotatable bonds is 5. The van der Waals surface area contributed by atoms with E-state index in [1.807, 2.05) is 30.3 Å². The van der Waals surface area contributed by atoms with Crippen LogP contribution < -0.4 is 4.74 Å². The number of para-hydroxylation sites is 1. The smallest absolute Gasteiger partial charge is 0.270 e. The number of nitrogens with zero attached hydrogens (tertiary/aromatic N) is 2. The molecule has 2 fully saturated rings. The average molecular weight is 464 g/mol. The lowest BCUT2D eigenvalue weighted by Gasteiger charge is -2.32. The highest BCUT2D eigenvalue weighted by Gasteiger charge is 2.32. The minimum Gasteiger partial charge on any atom is -0.496 e. The number of methoxy groups -OCH3 is 1. The largest absolute Gasteiger partial charge is 0.496 e. The number of aromatic amines is 1. The summed E-state index contributed by atoms with van der Waals surface area (Å²) in [6.07, 6.45) is 3.63. The average Bonchev–Trinajstić information content (AvgIpc) is 3.61. The third-order valence-corrected chi connectivity index (χ3v) is 7.23. The maximum Gasteiger partial charge on any atom is 0.270 e. The molecule has 178 valence electrons. The molecule has 1 aliphatic carbocycles. The number of aromatic nitrogens is 1. The summed E-state index contributed by atoms with van der Waals surface area (Å²) in [5.41, 5.74) is 2.92. The topological polar surface area (TPSA) is 65.6 Å². The molecular formula is C27H30FN3O3. The zero-order chi connectivity index (χ0) is 24.0. The van der Waals surface area contributed by atoms with Gasteiger partial charge in [-0.25, -0.2) is 4.39 Å². The molecular weight excluding hydrogens is 433 g/mol. The SMILES string of the molecule is COc1ccccc1-c1cc([C@H]2CCCN(C(C)=O)C2)c(F)c2[nH]c(C(=O)N(C)C3CC3)cc12. The Labute approximate surface area is 198 Å². The molecule has 1 saturated carbocycles. The number of halogens is 1. The van der Waals surface area contributed by atoms with Gasteiger partial charge in [-0.2, -0.15) is 0 Å². The van der Waals surface area contributed by atoms with Crippen LogP contribution in [0.1, 0.15) is 54.6 Å². The maximum atomic E-state index is 16.0. The van der Waals surface area contributed by atoms with Crippen LogP contribution in [0.5, 0.6) is 5.75 Å². The van der Waals surface area contributed by atoms with E-state index in [0.29, 0.717) is 41.0 Å². The number of carbonyl (C=O) groups excluding carboxylic acids is 2. The molecule has 0 unspecified atom stereocenters. The fourth-order valence-electron chi connectivity index (χ4n) is 5.12. The number of fused-ring (bicyclic) bond motifs is 1. The van der Waals surface area contributed by atoms with Gasteiger partial charge in [0.1, 0.15) is 11.4 Å². The molecule has 0 spiro atoms. The first-order valence-corrected chi connectivity index (χ1v) is 11.9. The van der Waals surface area contributed by atoms with Crippen LogP contribution in [0.25, 0.3) is 22.0 Å². The minimum atomic E-state index is -0.350. The van der Waals surface area contributed by atoms with E-state index < -0.39 is 0 Å². The molecule has 6 nitrogen and oxygen atoms in total. The molecule has 3 aromatic rings. The number of ether oxygens (including phenoxy) is 1. The van der Waals surface area contributed by atoms with Gasteiger partial charge in [0.15, 0.2) is 5.82 Å². The van der Waals surface area contributed by atoms with Gasteiger partial charge in [-0.1, -0.05) is 18.2 Å². The van der Waals surface area contributed by atoms with Crippen molar-refractivity contribution in [1.29, 1.82) is 0 Å². The van der Waals surface area contributed by atoms with Crippen molar-refractivity contribution < 1.29 is 18.7 Å². The summed E-state index contributed by atoms with van der Waals surface area (Å²) >= 11 is 0. The van der Waals surface area contributed by atoms with E-state index in [1.54, 1.807) is 36.9 Å². The van der Waals surface area contributed by atoms with Crippen molar-refractivity contribution in [2.24, 2.45) is 0 Å². The molecule has 34 heavy (non-hydrogen) atoms. The zero-order valence-corrected chi connectivity index (χ0v) is 19.9. The van der Waals surface area contributed by atoms with Gasteiger partial charge in [0.2, 0.25) is 5.91 Å². The maximum absolute atomic E-state index is 16.0. The minimum absolute atomic E-state index is 0.00649. The normalized spacial score (nSPS) is 18.2. The third kappa shape index (κ3) is 3.93. The summed E-state index contributed by atoms with van der Waals surface area (Å²) in [5.74, 6) is 0.0851. The summed E-state index contributed by atoms with van der Waals surface area (Å²) in [5, 5.41) is 0.650. The molecule has 2 heterocycles. The Morgan fingerprint density at radius 2 is 1.91 bits per heavy atom. The number of nitrogens with one attached hydrogen (secondary N) is 1. The van der Waals surface area contributed by atoms with Crippen LogP contribution in [-0.2, 0) is 4.79 Å². The number of amides is 2. The molecule has 2 aromatic carbocycles. The van der Waals surface area contributed by atoms with Crippen molar-refractivity contribution in [3.8, 4) is 16.9 Å². The van der Waals surface area contributed by atoms with E-state index in [1.165, 1.54) is 0 Å². The lowest BCUT2D eigenvalue weighted by atomic mass is 9.87. The second-order valence-electron chi connectivity index (χ2n) is 9.45. The van der Waals surface area contributed by atoms with E-state index in [2.05, 4.69) is 4.98 Å². The molecule has 1 aromatic heterocycles. The number of benzene rings is 2. The number of hydrogen-bond acceptors (Lipinski definition) is 3. The van der Waals surface area contributed by atoms with E-state index >= 15 is 4.39 Å². The van der Waals surface area contributed by atoms with E-state index in [0.717, 1.165) is 36.8 Å². The molecule has 2 aliphatic rings. The first-order chi connectivity index (χ1) is 16.4. The van der Waals surface area contributed by atoms with Crippen molar-refractivity contribution in [1.82, 2.24) is 14.8 Å². The molecule has 1 saturated heterocycles. The summed E-state index contributed by atoms with van der Waals surface area (Å²) in [4.78, 5) is 31.7. The number of hydrogen-bond donors (Lipinski definition) is 1. The molecule has 0 bridgehead atoms. The summed E-state index contributed by atoms with van der Waals surface area (Å²) in [7, 11) is 3.41. The van der Waals surface area contributed by atoms with Gasteiger partial charge in [0, 0.05) is 50.0 Å². The molecule has 1 aliphatic heterocycles. The van der Waals surface area contributed by atoms with E-state index in [-0.39, 0.29) is 29.6 Å². The van der Waals surface area contributed by atoms with Gasteiger partial charge < -0.3 is 19.5 Å². The Balaban J connectivity index is 1.68. The van der Waals surface area contributed by atoms with Crippen molar-refractivity contribution >= 4 is 22.7 Å². The monoisotopic (exact) mass is 463 g/mol. The Hall–Kier alpha value is -3.35. The van der Waals surface area contributed by atoms with Gasteiger partial charge in [-0.05, 0) is 55.0 Å². The molecule has 7 heteroatoms. The van der Waals surface area contributed by atoms with Crippen LogP contribution in [0, 0.1) is 5.82 Å². The Kier molecular flexibility index (Phi) is 5.80. The molecule has 2 amide bonds.